The van der Waals surface area contributed by atoms with Crippen LogP contribution < -0.4 is 5.01 Å². The van der Waals surface area contributed by atoms with E-state index in [1.54, 1.807) is 13.8 Å². The van der Waals surface area contributed by atoms with Crippen LogP contribution in [0.5, 0.6) is 0 Å². The van der Waals surface area contributed by atoms with Crippen LogP contribution in [0, 0.1) is 0 Å². The molecule has 1 atom stereocenters. The van der Waals surface area contributed by atoms with Crippen molar-refractivity contribution in [2.24, 2.45) is 5.10 Å². The highest BCUT2D eigenvalue weighted by atomic mass is 32.2. The summed E-state index contributed by atoms with van der Waals surface area (Å²) in [5.41, 5.74) is 0.476. The molecule has 0 fully saturated rings. The van der Waals surface area contributed by atoms with E-state index in [-0.39, 0.29) is 23.6 Å². The summed E-state index contributed by atoms with van der Waals surface area (Å²) in [5.74, 6) is -1.10. The third-order valence-corrected chi connectivity index (χ3v) is 7.46. The fourth-order valence-electron chi connectivity index (χ4n) is 3.32. The molecular formula is C17H17F3N2O3S. The summed E-state index contributed by atoms with van der Waals surface area (Å²) < 4.78 is 62.7. The monoisotopic (exact) mass is 386 g/mol. The molecule has 1 spiro atoms. The van der Waals surface area contributed by atoms with Gasteiger partial charge in [0.2, 0.25) is 0 Å². The van der Waals surface area contributed by atoms with Crippen molar-refractivity contribution in [1.29, 1.82) is 0 Å². The molecule has 2 aliphatic heterocycles. The molecule has 1 aromatic carbocycles. The zero-order valence-electron chi connectivity index (χ0n) is 14.4. The smallest absolute Gasteiger partial charge is 0.270 e. The van der Waals surface area contributed by atoms with Crippen LogP contribution in [0.3, 0.4) is 0 Å². The molecule has 0 N–H and O–H groups in total. The standard InChI is InChI=1S/C17H17F3N2O3S/c1-10-8-16(26(24,25)9-11(10)2)12(3)21-22(15(16)23)14-6-4-5-13(7-14)17(18,19)20/h4-7H,8-9H2,1-3H3/t16-/m0/s1. The van der Waals surface area contributed by atoms with E-state index in [0.29, 0.717) is 5.57 Å². The number of hydrogen-bond donors (Lipinski definition) is 0. The van der Waals surface area contributed by atoms with Crippen molar-refractivity contribution in [3.63, 3.8) is 0 Å². The lowest BCUT2D eigenvalue weighted by Gasteiger charge is -2.33. The number of sulfone groups is 1. The number of carbonyl (C=O) groups excluding carboxylic acids is 1. The van der Waals surface area contributed by atoms with Gasteiger partial charge in [0.05, 0.1) is 22.7 Å². The van der Waals surface area contributed by atoms with Gasteiger partial charge in [-0.05, 0) is 39.0 Å². The highest BCUT2D eigenvalue weighted by Crippen LogP contribution is 2.42. The van der Waals surface area contributed by atoms with Gasteiger partial charge in [0, 0.05) is 6.42 Å². The summed E-state index contributed by atoms with van der Waals surface area (Å²) in [6, 6.07) is 4.12. The number of benzene rings is 1. The zero-order chi connectivity index (χ0) is 19.5. The molecule has 0 saturated carbocycles. The minimum atomic E-state index is -4.58. The summed E-state index contributed by atoms with van der Waals surface area (Å²) in [7, 11) is -3.88. The molecule has 26 heavy (non-hydrogen) atoms. The number of alkyl halides is 3. The largest absolute Gasteiger partial charge is 0.416 e. The van der Waals surface area contributed by atoms with Gasteiger partial charge in [0.25, 0.3) is 5.91 Å². The van der Waals surface area contributed by atoms with Gasteiger partial charge in [-0.25, -0.2) is 8.42 Å². The van der Waals surface area contributed by atoms with Crippen LogP contribution in [-0.2, 0) is 20.8 Å². The first-order valence-corrected chi connectivity index (χ1v) is 9.50. The Labute approximate surface area is 149 Å². The number of amides is 1. The second kappa shape index (κ2) is 5.67. The second-order valence-electron chi connectivity index (χ2n) is 6.67. The van der Waals surface area contributed by atoms with Crippen molar-refractivity contribution in [3.8, 4) is 0 Å². The summed E-state index contributed by atoms with van der Waals surface area (Å²) in [6.07, 6.45) is -4.62. The van der Waals surface area contributed by atoms with Crippen molar-refractivity contribution < 1.29 is 26.4 Å². The molecular weight excluding hydrogens is 369 g/mol. The third-order valence-electron chi connectivity index (χ3n) is 4.97. The Hall–Kier alpha value is -2.16. The van der Waals surface area contributed by atoms with Gasteiger partial charge in [-0.1, -0.05) is 17.2 Å². The molecule has 5 nitrogen and oxygen atoms in total. The number of nitrogens with zero attached hydrogens (tertiary/aromatic N) is 2. The minimum absolute atomic E-state index is 0.0369. The maximum atomic E-state index is 13.1. The molecule has 0 saturated heterocycles. The van der Waals surface area contributed by atoms with E-state index in [9.17, 15) is 26.4 Å². The highest BCUT2D eigenvalue weighted by Gasteiger charge is 2.60. The van der Waals surface area contributed by atoms with Gasteiger partial charge in [-0.2, -0.15) is 23.3 Å². The first kappa shape index (κ1) is 18.6. The van der Waals surface area contributed by atoms with Crippen molar-refractivity contribution in [1.82, 2.24) is 0 Å². The molecule has 9 heteroatoms. The van der Waals surface area contributed by atoms with Crippen LogP contribution in [-0.4, -0.2) is 30.5 Å². The topological polar surface area (TPSA) is 66.8 Å². The van der Waals surface area contributed by atoms with Gasteiger partial charge in [0.15, 0.2) is 14.6 Å². The van der Waals surface area contributed by atoms with E-state index >= 15 is 0 Å². The lowest BCUT2D eigenvalue weighted by molar-refractivity contribution is -0.137. The number of rotatable bonds is 1. The molecule has 2 aliphatic rings. The second-order valence-corrected chi connectivity index (χ2v) is 8.89. The normalized spacial score (nSPS) is 25.8. The van der Waals surface area contributed by atoms with Crippen LogP contribution in [0.2, 0.25) is 0 Å². The Morgan fingerprint density at radius 3 is 2.42 bits per heavy atom. The number of carbonyl (C=O) groups is 1. The Kier molecular flexibility index (Phi) is 4.06. The van der Waals surface area contributed by atoms with E-state index in [1.807, 2.05) is 0 Å². The predicted octanol–water partition coefficient (Wildman–Crippen LogP) is 3.32. The molecule has 1 aromatic rings. The van der Waals surface area contributed by atoms with Gasteiger partial charge in [-0.15, -0.1) is 0 Å². The number of halogens is 3. The average molecular weight is 386 g/mol. The minimum Gasteiger partial charge on any atom is -0.270 e. The van der Waals surface area contributed by atoms with E-state index in [2.05, 4.69) is 5.10 Å². The van der Waals surface area contributed by atoms with Crippen LogP contribution in [0.1, 0.15) is 32.8 Å². The molecule has 140 valence electrons. The van der Waals surface area contributed by atoms with Crippen molar-refractivity contribution in [3.05, 3.63) is 41.0 Å². The van der Waals surface area contributed by atoms with Crippen LogP contribution in [0.25, 0.3) is 0 Å². The summed E-state index contributed by atoms with van der Waals surface area (Å²) >= 11 is 0. The lowest BCUT2D eigenvalue weighted by atomic mass is 9.92. The molecule has 0 radical (unpaired) electrons. The fraction of sp³-hybridized carbons (Fsp3) is 0.412. The number of hydrazone groups is 1. The van der Waals surface area contributed by atoms with Crippen LogP contribution >= 0.6 is 0 Å². The Bertz CT molecular complexity index is 964. The molecule has 2 heterocycles. The summed E-state index contributed by atoms with van der Waals surface area (Å²) in [4.78, 5) is 13.1. The Morgan fingerprint density at radius 1 is 1.15 bits per heavy atom. The van der Waals surface area contributed by atoms with Crippen LogP contribution in [0.15, 0.2) is 40.5 Å². The molecule has 0 aliphatic carbocycles. The average Bonchev–Trinajstić information content (AvgIpc) is 2.78. The lowest BCUT2D eigenvalue weighted by Crippen LogP contribution is -2.55. The van der Waals surface area contributed by atoms with Crippen molar-refractivity contribution in [2.75, 3.05) is 10.8 Å². The van der Waals surface area contributed by atoms with Crippen molar-refractivity contribution >= 4 is 27.1 Å². The van der Waals surface area contributed by atoms with E-state index in [0.717, 1.165) is 28.8 Å². The Balaban J connectivity index is 2.10. The first-order chi connectivity index (χ1) is 11.9. The SMILES string of the molecule is CC1=NN(c2cccc(C(F)(F)F)c2)C(=O)[C@]12CC(C)=C(C)CS2(=O)=O. The predicted molar refractivity (Wildman–Crippen MR) is 91.5 cm³/mol. The first-order valence-electron chi connectivity index (χ1n) is 7.85. The Morgan fingerprint density at radius 2 is 1.81 bits per heavy atom. The molecule has 0 aromatic heterocycles. The maximum absolute atomic E-state index is 13.1. The summed E-state index contributed by atoms with van der Waals surface area (Å²) in [6.45, 7) is 4.87. The molecule has 1 amide bonds. The zero-order valence-corrected chi connectivity index (χ0v) is 15.2. The number of hydrogen-bond acceptors (Lipinski definition) is 4. The van der Waals surface area contributed by atoms with E-state index < -0.39 is 32.2 Å². The maximum Gasteiger partial charge on any atom is 0.416 e. The quantitative estimate of drug-likeness (QED) is 0.696. The number of anilines is 1. The van der Waals surface area contributed by atoms with Gasteiger partial charge in [0.1, 0.15) is 0 Å². The van der Waals surface area contributed by atoms with Crippen molar-refractivity contribution in [2.45, 2.75) is 38.1 Å². The molecule has 0 bridgehead atoms. The van der Waals surface area contributed by atoms with Gasteiger partial charge in [-0.3, -0.25) is 4.79 Å². The van der Waals surface area contributed by atoms with Gasteiger partial charge < -0.3 is 0 Å². The highest BCUT2D eigenvalue weighted by molar-refractivity contribution is 7.94. The van der Waals surface area contributed by atoms with E-state index in [1.165, 1.54) is 13.0 Å². The molecule has 0 unspecified atom stereocenters. The van der Waals surface area contributed by atoms with E-state index in [4.69, 9.17) is 0 Å². The molecule has 3 rings (SSSR count). The van der Waals surface area contributed by atoms with Crippen LogP contribution in [0.4, 0.5) is 18.9 Å². The third kappa shape index (κ3) is 2.56. The fourth-order valence-corrected chi connectivity index (χ4v) is 5.66. The number of allylic oxidation sites excluding steroid dienone is 1. The summed E-state index contributed by atoms with van der Waals surface area (Å²) in [5, 5.41) is 4.80. The van der Waals surface area contributed by atoms with Gasteiger partial charge >= 0.3 is 6.18 Å².